The van der Waals surface area contributed by atoms with Crippen LogP contribution in [-0.4, -0.2) is 19.9 Å². The highest BCUT2D eigenvalue weighted by Gasteiger charge is 2.19. The van der Waals surface area contributed by atoms with Crippen LogP contribution in [0.2, 0.25) is 5.02 Å². The predicted octanol–water partition coefficient (Wildman–Crippen LogP) is 4.08. The molecule has 1 aromatic carbocycles. The lowest BCUT2D eigenvalue weighted by molar-refractivity contribution is 0.870. The fourth-order valence-corrected chi connectivity index (χ4v) is 3.36. The van der Waals surface area contributed by atoms with E-state index in [4.69, 9.17) is 23.1 Å². The monoisotopic (exact) mass is 391 g/mol. The maximum absolute atomic E-state index is 6.37. The van der Waals surface area contributed by atoms with Gasteiger partial charge in [-0.15, -0.1) is 0 Å². The molecule has 4 rings (SSSR count). The van der Waals surface area contributed by atoms with Gasteiger partial charge in [0.15, 0.2) is 11.6 Å². The molecule has 0 saturated carbocycles. The summed E-state index contributed by atoms with van der Waals surface area (Å²) in [7, 11) is 0. The number of hydrogen-bond acceptors (Lipinski definition) is 7. The van der Waals surface area contributed by atoms with Gasteiger partial charge in [-0.2, -0.15) is 0 Å². The first kappa shape index (κ1) is 17.9. The molecule has 3 heterocycles. The Balaban J connectivity index is 1.88. The number of rotatable bonds is 4. The number of nitrogens with two attached hydrogens (primary N) is 2. The van der Waals surface area contributed by atoms with Gasteiger partial charge in [-0.05, 0) is 25.1 Å². The molecule has 0 bridgehead atoms. The molecule has 8 heteroatoms. The Kier molecular flexibility index (Phi) is 4.67. The summed E-state index contributed by atoms with van der Waals surface area (Å²) in [5.41, 5.74) is 15.6. The van der Waals surface area contributed by atoms with Gasteiger partial charge in [0, 0.05) is 28.9 Å². The van der Waals surface area contributed by atoms with E-state index in [9.17, 15) is 0 Å². The summed E-state index contributed by atoms with van der Waals surface area (Å²) in [5.74, 6) is 0.705. The van der Waals surface area contributed by atoms with E-state index in [0.717, 1.165) is 27.7 Å². The molecule has 7 nitrogen and oxygen atoms in total. The normalized spacial score (nSPS) is 12.1. The largest absolute Gasteiger partial charge is 0.393 e. The van der Waals surface area contributed by atoms with Crippen LogP contribution in [-0.2, 0) is 0 Å². The molecule has 1 atom stereocenters. The summed E-state index contributed by atoms with van der Waals surface area (Å²) in [6.45, 7) is 2.00. The molecule has 28 heavy (non-hydrogen) atoms. The van der Waals surface area contributed by atoms with Crippen molar-refractivity contribution in [2.75, 3.05) is 16.8 Å². The van der Waals surface area contributed by atoms with Crippen molar-refractivity contribution in [2.24, 2.45) is 0 Å². The Bertz CT molecular complexity index is 1150. The van der Waals surface area contributed by atoms with Crippen molar-refractivity contribution in [2.45, 2.75) is 13.0 Å². The quantitative estimate of drug-likeness (QED) is 0.480. The standard InChI is InChI=1S/C20H18ClN7/c1-11(28-20-17(22)19(23)26-10-27-20)13-9-25-18-12(5-4-6-14(18)21)16(13)15-7-2-3-8-24-15/h2-11H,22H2,1H3,(H3,23,26,27,28). The second kappa shape index (κ2) is 7.28. The number of benzene rings is 1. The third-order valence-electron chi connectivity index (χ3n) is 4.53. The van der Waals surface area contributed by atoms with E-state index in [1.54, 1.807) is 12.4 Å². The number of nitrogens with zero attached hydrogens (tertiary/aromatic N) is 4. The molecule has 0 spiro atoms. The minimum atomic E-state index is -0.176. The summed E-state index contributed by atoms with van der Waals surface area (Å²) < 4.78 is 0. The number of nitrogen functional groups attached to an aromatic ring is 2. The van der Waals surface area contributed by atoms with E-state index in [0.29, 0.717) is 16.5 Å². The smallest absolute Gasteiger partial charge is 0.155 e. The fourth-order valence-electron chi connectivity index (χ4n) is 3.13. The molecule has 3 aromatic heterocycles. The summed E-state index contributed by atoms with van der Waals surface area (Å²) in [5, 5.41) is 4.82. The third kappa shape index (κ3) is 3.16. The number of aromatic nitrogens is 4. The zero-order valence-corrected chi connectivity index (χ0v) is 15.9. The lowest BCUT2D eigenvalue weighted by atomic mass is 9.96. The zero-order valence-electron chi connectivity index (χ0n) is 15.1. The van der Waals surface area contributed by atoms with Crippen LogP contribution >= 0.6 is 11.6 Å². The van der Waals surface area contributed by atoms with E-state index in [2.05, 4.69) is 25.3 Å². The number of fused-ring (bicyclic) bond motifs is 1. The minimum absolute atomic E-state index is 0.176. The summed E-state index contributed by atoms with van der Waals surface area (Å²) >= 11 is 6.37. The van der Waals surface area contributed by atoms with E-state index < -0.39 is 0 Å². The van der Waals surface area contributed by atoms with Gasteiger partial charge in [0.1, 0.15) is 12.0 Å². The third-order valence-corrected chi connectivity index (χ3v) is 4.84. The fraction of sp³-hybridized carbons (Fsp3) is 0.100. The number of hydrogen-bond donors (Lipinski definition) is 3. The molecule has 0 saturated heterocycles. The summed E-state index contributed by atoms with van der Waals surface area (Å²) in [4.78, 5) is 17.2. The molecule has 0 aliphatic rings. The number of pyridine rings is 2. The first-order valence-corrected chi connectivity index (χ1v) is 9.05. The molecule has 0 amide bonds. The van der Waals surface area contributed by atoms with E-state index in [-0.39, 0.29) is 11.9 Å². The first-order valence-electron chi connectivity index (χ1n) is 8.67. The molecule has 0 fully saturated rings. The lowest BCUT2D eigenvalue weighted by Crippen LogP contribution is -2.13. The second-order valence-electron chi connectivity index (χ2n) is 6.33. The Morgan fingerprint density at radius 1 is 1.00 bits per heavy atom. The average molecular weight is 392 g/mol. The Labute approximate surface area is 166 Å². The molecule has 5 N–H and O–H groups in total. The SMILES string of the molecule is CC(Nc1ncnc(N)c1N)c1cnc2c(Cl)cccc2c1-c1ccccn1. The summed E-state index contributed by atoms with van der Waals surface area (Å²) in [6.07, 6.45) is 4.94. The van der Waals surface area contributed by atoms with Gasteiger partial charge in [-0.1, -0.05) is 29.8 Å². The highest BCUT2D eigenvalue weighted by atomic mass is 35.5. The molecule has 0 radical (unpaired) electrons. The van der Waals surface area contributed by atoms with E-state index in [1.165, 1.54) is 6.33 Å². The Morgan fingerprint density at radius 2 is 1.86 bits per heavy atom. The van der Waals surface area contributed by atoms with Gasteiger partial charge < -0.3 is 16.8 Å². The van der Waals surface area contributed by atoms with Crippen LogP contribution in [0.1, 0.15) is 18.5 Å². The topological polar surface area (TPSA) is 116 Å². The molecule has 0 aliphatic heterocycles. The molecule has 4 aromatic rings. The summed E-state index contributed by atoms with van der Waals surface area (Å²) in [6, 6.07) is 11.3. The number of para-hydroxylation sites is 1. The Hall–Kier alpha value is -3.45. The average Bonchev–Trinajstić information content (AvgIpc) is 2.71. The van der Waals surface area contributed by atoms with Crippen molar-refractivity contribution >= 4 is 39.8 Å². The van der Waals surface area contributed by atoms with Gasteiger partial charge in [-0.3, -0.25) is 9.97 Å². The Morgan fingerprint density at radius 3 is 2.64 bits per heavy atom. The van der Waals surface area contributed by atoms with E-state index >= 15 is 0 Å². The van der Waals surface area contributed by atoms with Crippen molar-refractivity contribution < 1.29 is 0 Å². The van der Waals surface area contributed by atoms with Crippen molar-refractivity contribution in [1.82, 2.24) is 19.9 Å². The number of halogens is 1. The zero-order chi connectivity index (χ0) is 19.7. The number of anilines is 3. The molecular weight excluding hydrogens is 374 g/mol. The second-order valence-corrected chi connectivity index (χ2v) is 6.73. The van der Waals surface area contributed by atoms with Crippen molar-refractivity contribution in [3.8, 4) is 11.3 Å². The number of nitrogens with one attached hydrogen (secondary N) is 1. The van der Waals surface area contributed by atoms with Crippen LogP contribution in [0.4, 0.5) is 17.3 Å². The van der Waals surface area contributed by atoms with Crippen LogP contribution < -0.4 is 16.8 Å². The molecule has 1 unspecified atom stereocenters. The first-order chi connectivity index (χ1) is 13.6. The van der Waals surface area contributed by atoms with Gasteiger partial charge in [0.25, 0.3) is 0 Å². The van der Waals surface area contributed by atoms with Crippen LogP contribution in [0.25, 0.3) is 22.2 Å². The molecule has 0 aliphatic carbocycles. The van der Waals surface area contributed by atoms with Crippen LogP contribution in [0, 0.1) is 0 Å². The maximum atomic E-state index is 6.37. The van der Waals surface area contributed by atoms with Gasteiger partial charge >= 0.3 is 0 Å². The van der Waals surface area contributed by atoms with Crippen LogP contribution in [0.5, 0.6) is 0 Å². The minimum Gasteiger partial charge on any atom is -0.393 e. The van der Waals surface area contributed by atoms with Crippen molar-refractivity contribution in [1.29, 1.82) is 0 Å². The van der Waals surface area contributed by atoms with Gasteiger partial charge in [0.2, 0.25) is 0 Å². The van der Waals surface area contributed by atoms with Crippen molar-refractivity contribution in [3.05, 3.63) is 65.7 Å². The van der Waals surface area contributed by atoms with Gasteiger partial charge in [0.05, 0.1) is 22.3 Å². The maximum Gasteiger partial charge on any atom is 0.155 e. The lowest BCUT2D eigenvalue weighted by Gasteiger charge is -2.20. The van der Waals surface area contributed by atoms with E-state index in [1.807, 2.05) is 43.3 Å². The van der Waals surface area contributed by atoms with Crippen molar-refractivity contribution in [3.63, 3.8) is 0 Å². The highest BCUT2D eigenvalue weighted by Crippen LogP contribution is 2.36. The highest BCUT2D eigenvalue weighted by molar-refractivity contribution is 6.35. The predicted molar refractivity (Wildman–Crippen MR) is 113 cm³/mol. The van der Waals surface area contributed by atoms with Gasteiger partial charge in [-0.25, -0.2) is 9.97 Å². The van der Waals surface area contributed by atoms with Crippen LogP contribution in [0.15, 0.2) is 55.1 Å². The molecular formula is C20H18ClN7. The van der Waals surface area contributed by atoms with Crippen LogP contribution in [0.3, 0.4) is 0 Å². The molecule has 140 valence electrons.